The highest BCUT2D eigenvalue weighted by Gasteiger charge is 2.30. The van der Waals surface area contributed by atoms with E-state index < -0.39 is 18.1 Å². The minimum Gasteiger partial charge on any atom is -0.340 e. The van der Waals surface area contributed by atoms with Crippen LogP contribution in [-0.2, 0) is 0 Å². The first-order chi connectivity index (χ1) is 12.9. The van der Waals surface area contributed by atoms with E-state index in [0.717, 1.165) is 10.1 Å². The van der Waals surface area contributed by atoms with E-state index in [4.69, 9.17) is 0 Å². The lowest BCUT2D eigenvalue weighted by Crippen LogP contribution is -2.63. The van der Waals surface area contributed by atoms with Gasteiger partial charge in [-0.1, -0.05) is 36.4 Å². The molecule has 3 N–H and O–H groups in total. The fraction of sp³-hybridized carbons (Fsp3) is 0.167. The smallest absolute Gasteiger partial charge is 0.340 e. The molecule has 0 fully saturated rings. The number of anilines is 2. The average molecular weight is 370 g/mol. The second-order valence-electron chi connectivity index (χ2n) is 5.62. The van der Waals surface area contributed by atoms with Crippen LogP contribution in [0.15, 0.2) is 60.7 Å². The van der Waals surface area contributed by atoms with Gasteiger partial charge in [0.15, 0.2) is 0 Å². The lowest BCUT2D eigenvalue weighted by atomic mass is 10.3. The molecule has 142 valence electrons. The summed E-state index contributed by atoms with van der Waals surface area (Å²) in [4.78, 5) is 38.7. The Labute approximate surface area is 157 Å². The summed E-state index contributed by atoms with van der Waals surface area (Å²) in [6, 6.07) is 15.4. The fourth-order valence-corrected chi connectivity index (χ4v) is 2.12. The van der Waals surface area contributed by atoms with Crippen molar-refractivity contribution in [3.8, 4) is 0 Å². The zero-order valence-corrected chi connectivity index (χ0v) is 15.3. The van der Waals surface area contributed by atoms with Gasteiger partial charge >= 0.3 is 18.1 Å². The van der Waals surface area contributed by atoms with Crippen LogP contribution < -0.4 is 21.1 Å². The third-order valence-corrected chi connectivity index (χ3v) is 3.42. The molecule has 0 unspecified atom stereocenters. The molecule has 0 saturated heterocycles. The van der Waals surface area contributed by atoms with Crippen molar-refractivity contribution in [3.63, 3.8) is 0 Å². The van der Waals surface area contributed by atoms with Gasteiger partial charge in [0.25, 0.3) is 0 Å². The number of benzene rings is 2. The molecule has 2 rings (SSSR count). The number of rotatable bonds is 2. The molecule has 0 atom stereocenters. The van der Waals surface area contributed by atoms with E-state index in [9.17, 15) is 14.4 Å². The van der Waals surface area contributed by atoms with E-state index in [0.29, 0.717) is 11.4 Å². The fourth-order valence-electron chi connectivity index (χ4n) is 2.12. The van der Waals surface area contributed by atoms with E-state index in [1.54, 1.807) is 54.6 Å². The van der Waals surface area contributed by atoms with Crippen molar-refractivity contribution in [2.24, 2.45) is 0 Å². The first-order valence-electron chi connectivity index (χ1n) is 8.15. The number of amides is 6. The van der Waals surface area contributed by atoms with Crippen LogP contribution in [0.25, 0.3) is 0 Å². The summed E-state index contributed by atoms with van der Waals surface area (Å²) >= 11 is 0. The van der Waals surface area contributed by atoms with Gasteiger partial charge in [-0.15, -0.1) is 5.12 Å². The molecule has 0 aromatic heterocycles. The third-order valence-electron chi connectivity index (χ3n) is 3.42. The number of nitrogens with one attached hydrogen (secondary N) is 3. The van der Waals surface area contributed by atoms with Gasteiger partial charge in [-0.3, -0.25) is 0 Å². The Hall–Kier alpha value is -3.75. The van der Waals surface area contributed by atoms with Gasteiger partial charge in [0.2, 0.25) is 0 Å². The molecular weight excluding hydrogens is 348 g/mol. The molecule has 2 aromatic rings. The Morgan fingerprint density at radius 3 is 1.93 bits per heavy atom. The minimum absolute atomic E-state index is 0.387. The molecule has 0 aliphatic rings. The number of urea groups is 3. The molecule has 0 heterocycles. The van der Waals surface area contributed by atoms with Crippen molar-refractivity contribution < 1.29 is 14.4 Å². The van der Waals surface area contributed by atoms with Gasteiger partial charge in [-0.2, -0.15) is 5.01 Å². The largest absolute Gasteiger partial charge is 0.358 e. The van der Waals surface area contributed by atoms with E-state index in [2.05, 4.69) is 16.1 Å². The van der Waals surface area contributed by atoms with Crippen molar-refractivity contribution in [3.05, 3.63) is 60.7 Å². The highest BCUT2D eigenvalue weighted by molar-refractivity contribution is 6.03. The standard InChI is InChI=1S/C18H22N6O3/c1-19-16(25)21-24(18(27)22(2)3)23(15-12-8-5-9-13-15)17(26)20-14-10-6-4-7-11-14/h4-13H,1-3H3,(H,20,26)(H2,19,21,25). The molecule has 27 heavy (non-hydrogen) atoms. The zero-order valence-electron chi connectivity index (χ0n) is 15.3. The van der Waals surface area contributed by atoms with E-state index in [1.807, 2.05) is 6.07 Å². The molecule has 0 radical (unpaired) electrons. The predicted octanol–water partition coefficient (Wildman–Crippen LogP) is 2.47. The van der Waals surface area contributed by atoms with Gasteiger partial charge in [0, 0.05) is 26.8 Å². The van der Waals surface area contributed by atoms with Crippen molar-refractivity contribution in [2.75, 3.05) is 31.5 Å². The first-order valence-corrected chi connectivity index (χ1v) is 8.15. The molecule has 6 amide bonds. The van der Waals surface area contributed by atoms with Gasteiger partial charge < -0.3 is 15.5 Å². The maximum absolute atomic E-state index is 13.0. The molecule has 0 aliphatic heterocycles. The number of para-hydroxylation sites is 2. The van der Waals surface area contributed by atoms with E-state index in [-0.39, 0.29) is 0 Å². The van der Waals surface area contributed by atoms with Crippen LogP contribution in [0.4, 0.5) is 25.8 Å². The lowest BCUT2D eigenvalue weighted by Gasteiger charge is -2.35. The second kappa shape index (κ2) is 9.09. The Morgan fingerprint density at radius 1 is 0.852 bits per heavy atom. The van der Waals surface area contributed by atoms with E-state index >= 15 is 0 Å². The molecule has 0 spiro atoms. The molecule has 0 bridgehead atoms. The molecule has 0 aliphatic carbocycles. The molecule has 9 nitrogen and oxygen atoms in total. The van der Waals surface area contributed by atoms with Gasteiger partial charge in [0.05, 0.1) is 5.69 Å². The summed E-state index contributed by atoms with van der Waals surface area (Å²) in [6.45, 7) is 0. The van der Waals surface area contributed by atoms with Crippen molar-refractivity contribution in [1.29, 1.82) is 0 Å². The quantitative estimate of drug-likeness (QED) is 0.709. The second-order valence-corrected chi connectivity index (χ2v) is 5.62. The minimum atomic E-state index is -0.654. The average Bonchev–Trinajstić information content (AvgIpc) is 2.68. The number of hydrogen-bond acceptors (Lipinski definition) is 3. The topological polar surface area (TPSA) is 97.0 Å². The zero-order chi connectivity index (χ0) is 19.8. The van der Waals surface area contributed by atoms with Gasteiger partial charge in [0.1, 0.15) is 0 Å². The van der Waals surface area contributed by atoms with Crippen molar-refractivity contribution in [2.45, 2.75) is 0 Å². The predicted molar refractivity (Wildman–Crippen MR) is 103 cm³/mol. The van der Waals surface area contributed by atoms with Crippen LogP contribution in [0.3, 0.4) is 0 Å². The molecule has 0 saturated carbocycles. The first kappa shape index (κ1) is 19.6. The Morgan fingerprint density at radius 2 is 1.41 bits per heavy atom. The summed E-state index contributed by atoms with van der Waals surface area (Å²) in [7, 11) is 4.43. The van der Waals surface area contributed by atoms with Crippen molar-refractivity contribution >= 4 is 29.5 Å². The van der Waals surface area contributed by atoms with Crippen LogP contribution in [-0.4, -0.2) is 49.3 Å². The van der Waals surface area contributed by atoms with Gasteiger partial charge in [-0.25, -0.2) is 19.8 Å². The summed E-state index contributed by atoms with van der Waals surface area (Å²) in [5.41, 5.74) is 3.30. The summed E-state index contributed by atoms with van der Waals surface area (Å²) in [6.07, 6.45) is 0. The number of carbonyl (C=O) groups is 3. The summed E-state index contributed by atoms with van der Waals surface area (Å²) in [5, 5.41) is 6.96. The maximum atomic E-state index is 13.0. The third kappa shape index (κ3) is 5.11. The Balaban J connectivity index is 2.43. The van der Waals surface area contributed by atoms with Crippen LogP contribution in [0.2, 0.25) is 0 Å². The maximum Gasteiger partial charge on any atom is 0.358 e. The summed E-state index contributed by atoms with van der Waals surface area (Å²) < 4.78 is 0. The Kier molecular flexibility index (Phi) is 6.59. The molecular formula is C18H22N6O3. The van der Waals surface area contributed by atoms with E-state index in [1.165, 1.54) is 26.0 Å². The number of hydrazine groups is 2. The normalized spacial score (nSPS) is 9.74. The lowest BCUT2D eigenvalue weighted by molar-refractivity contribution is 0.141. The van der Waals surface area contributed by atoms with Crippen LogP contribution in [0, 0.1) is 0 Å². The summed E-state index contributed by atoms with van der Waals surface area (Å²) in [5.74, 6) is 0. The van der Waals surface area contributed by atoms with Gasteiger partial charge in [-0.05, 0) is 24.3 Å². The number of carbonyl (C=O) groups excluding carboxylic acids is 3. The van der Waals surface area contributed by atoms with Crippen LogP contribution in [0.1, 0.15) is 0 Å². The van der Waals surface area contributed by atoms with Crippen LogP contribution in [0.5, 0.6) is 0 Å². The van der Waals surface area contributed by atoms with Crippen molar-refractivity contribution in [1.82, 2.24) is 20.8 Å². The SMILES string of the molecule is CNC(=O)NN(C(=O)N(C)C)N(C(=O)Nc1ccccc1)c1ccccc1. The highest BCUT2D eigenvalue weighted by atomic mass is 16.2. The molecule has 9 heteroatoms. The highest BCUT2D eigenvalue weighted by Crippen LogP contribution is 2.18. The number of hydrogen-bond donors (Lipinski definition) is 3. The Bertz CT molecular complexity index is 782. The number of nitrogens with zero attached hydrogens (tertiary/aromatic N) is 3. The molecule has 2 aromatic carbocycles. The monoisotopic (exact) mass is 370 g/mol. The van der Waals surface area contributed by atoms with Crippen LogP contribution >= 0.6 is 0 Å².